The van der Waals surface area contributed by atoms with E-state index in [1.165, 1.54) is 11.1 Å². The topological polar surface area (TPSA) is 57.4 Å². The summed E-state index contributed by atoms with van der Waals surface area (Å²) in [7, 11) is 0. The molecular weight excluding hydrogens is 464 g/mol. The summed E-state index contributed by atoms with van der Waals surface area (Å²) in [6, 6.07) is 12.4. The number of ether oxygens (including phenoxy) is 1. The second-order valence-electron chi connectivity index (χ2n) is 8.32. The van der Waals surface area contributed by atoms with Crippen molar-refractivity contribution in [2.24, 2.45) is 11.8 Å². The Morgan fingerprint density at radius 2 is 1.50 bits per heavy atom. The summed E-state index contributed by atoms with van der Waals surface area (Å²) < 4.78 is 7.14. The number of halogens is 2. The SMILES string of the molecule is Clc1ccc(COc2cc(CNCC3CNC3)cc(CNCC3CNC3)c2)c(Br)c1. The van der Waals surface area contributed by atoms with Crippen molar-refractivity contribution in [3.8, 4) is 5.75 Å². The van der Waals surface area contributed by atoms with Crippen LogP contribution in [0.1, 0.15) is 16.7 Å². The van der Waals surface area contributed by atoms with Gasteiger partial charge in [-0.2, -0.15) is 0 Å². The second-order valence-corrected chi connectivity index (χ2v) is 9.61. The average molecular weight is 494 g/mol. The van der Waals surface area contributed by atoms with E-state index in [1.807, 2.05) is 18.2 Å². The zero-order valence-electron chi connectivity index (χ0n) is 17.1. The molecule has 5 nitrogen and oxygen atoms in total. The highest BCUT2D eigenvalue weighted by molar-refractivity contribution is 9.10. The lowest BCUT2D eigenvalue weighted by molar-refractivity contribution is 0.304. The van der Waals surface area contributed by atoms with E-state index in [4.69, 9.17) is 16.3 Å². The molecule has 0 atom stereocenters. The van der Waals surface area contributed by atoms with Crippen LogP contribution in [0.3, 0.4) is 0 Å². The quantitative estimate of drug-likeness (QED) is 0.387. The van der Waals surface area contributed by atoms with Crippen molar-refractivity contribution in [2.75, 3.05) is 39.3 Å². The second kappa shape index (κ2) is 10.9. The smallest absolute Gasteiger partial charge is 0.120 e. The van der Waals surface area contributed by atoms with Gasteiger partial charge in [-0.25, -0.2) is 0 Å². The van der Waals surface area contributed by atoms with Crippen molar-refractivity contribution in [3.05, 3.63) is 62.6 Å². The molecule has 0 amide bonds. The fraction of sp³-hybridized carbons (Fsp3) is 0.478. The van der Waals surface area contributed by atoms with Crippen molar-refractivity contribution in [1.82, 2.24) is 21.3 Å². The Kier molecular flexibility index (Phi) is 8.04. The lowest BCUT2D eigenvalue weighted by Crippen LogP contribution is -2.47. The van der Waals surface area contributed by atoms with E-state index in [2.05, 4.69) is 55.4 Å². The Labute approximate surface area is 192 Å². The molecule has 2 heterocycles. The number of hydrogen-bond donors (Lipinski definition) is 4. The van der Waals surface area contributed by atoms with E-state index in [0.717, 1.165) is 85.0 Å². The summed E-state index contributed by atoms with van der Waals surface area (Å²) in [5.74, 6) is 2.41. The zero-order chi connectivity index (χ0) is 20.8. The maximum Gasteiger partial charge on any atom is 0.120 e. The Morgan fingerprint density at radius 1 is 0.900 bits per heavy atom. The predicted octanol–water partition coefficient (Wildman–Crippen LogP) is 3.30. The van der Waals surface area contributed by atoms with Crippen LogP contribution in [0.2, 0.25) is 5.02 Å². The third-order valence-corrected chi connectivity index (χ3v) is 6.67. The van der Waals surface area contributed by atoms with Gasteiger partial charge >= 0.3 is 0 Å². The molecule has 2 fully saturated rings. The van der Waals surface area contributed by atoms with Crippen LogP contribution >= 0.6 is 27.5 Å². The summed E-state index contributed by atoms with van der Waals surface area (Å²) >= 11 is 9.63. The van der Waals surface area contributed by atoms with E-state index in [0.29, 0.717) is 6.61 Å². The normalized spacial score (nSPS) is 16.9. The lowest BCUT2D eigenvalue weighted by atomic mass is 10.0. The largest absolute Gasteiger partial charge is 0.489 e. The van der Waals surface area contributed by atoms with Crippen LogP contribution in [-0.4, -0.2) is 39.3 Å². The monoisotopic (exact) mass is 492 g/mol. The molecule has 0 aliphatic carbocycles. The van der Waals surface area contributed by atoms with Gasteiger partial charge in [0.05, 0.1) is 0 Å². The summed E-state index contributed by atoms with van der Waals surface area (Å²) in [4.78, 5) is 0. The van der Waals surface area contributed by atoms with Gasteiger partial charge in [-0.05, 0) is 47.2 Å². The Morgan fingerprint density at radius 3 is 2.00 bits per heavy atom. The summed E-state index contributed by atoms with van der Waals surface area (Å²) in [5.41, 5.74) is 3.60. The van der Waals surface area contributed by atoms with Crippen LogP contribution in [-0.2, 0) is 19.7 Å². The summed E-state index contributed by atoms with van der Waals surface area (Å²) in [6.07, 6.45) is 0. The van der Waals surface area contributed by atoms with Gasteiger partial charge in [-0.3, -0.25) is 0 Å². The van der Waals surface area contributed by atoms with E-state index < -0.39 is 0 Å². The molecule has 0 bridgehead atoms. The van der Waals surface area contributed by atoms with Gasteiger partial charge in [-0.1, -0.05) is 39.7 Å². The van der Waals surface area contributed by atoms with Gasteiger partial charge in [0.25, 0.3) is 0 Å². The fourth-order valence-corrected chi connectivity index (χ4v) is 4.44. The molecular formula is C23H30BrClN4O. The first-order chi connectivity index (χ1) is 14.7. The first-order valence-corrected chi connectivity index (χ1v) is 11.9. The van der Waals surface area contributed by atoms with E-state index >= 15 is 0 Å². The minimum absolute atomic E-state index is 0.503. The number of rotatable bonds is 11. The molecule has 4 rings (SSSR count). The summed E-state index contributed by atoms with van der Waals surface area (Å²) in [6.45, 7) is 8.82. The van der Waals surface area contributed by atoms with E-state index in [-0.39, 0.29) is 0 Å². The Balaban J connectivity index is 1.38. The first kappa shape index (κ1) is 22.1. The summed E-state index contributed by atoms with van der Waals surface area (Å²) in [5, 5.41) is 14.6. The van der Waals surface area contributed by atoms with Crippen LogP contribution < -0.4 is 26.0 Å². The molecule has 7 heteroatoms. The molecule has 0 radical (unpaired) electrons. The third-order valence-electron chi connectivity index (χ3n) is 5.69. The highest BCUT2D eigenvalue weighted by Crippen LogP contribution is 2.24. The maximum absolute atomic E-state index is 6.16. The van der Waals surface area contributed by atoms with Crippen LogP contribution in [0.15, 0.2) is 40.9 Å². The third kappa shape index (κ3) is 6.42. The molecule has 4 N–H and O–H groups in total. The molecule has 0 aromatic heterocycles. The van der Waals surface area contributed by atoms with Crippen molar-refractivity contribution in [3.63, 3.8) is 0 Å². The Bertz CT molecular complexity index is 804. The van der Waals surface area contributed by atoms with Gasteiger partial charge in [-0.15, -0.1) is 0 Å². The molecule has 2 saturated heterocycles. The van der Waals surface area contributed by atoms with Crippen molar-refractivity contribution >= 4 is 27.5 Å². The molecule has 0 saturated carbocycles. The Hall–Kier alpha value is -1.15. The number of hydrogen-bond acceptors (Lipinski definition) is 5. The van der Waals surface area contributed by atoms with E-state index in [9.17, 15) is 0 Å². The molecule has 0 spiro atoms. The van der Waals surface area contributed by atoms with Crippen LogP contribution in [0.5, 0.6) is 5.75 Å². The molecule has 2 aromatic rings. The van der Waals surface area contributed by atoms with Gasteiger partial charge in [0, 0.05) is 67.4 Å². The van der Waals surface area contributed by atoms with Crippen molar-refractivity contribution in [1.29, 1.82) is 0 Å². The highest BCUT2D eigenvalue weighted by atomic mass is 79.9. The van der Waals surface area contributed by atoms with Gasteiger partial charge in [0.15, 0.2) is 0 Å². The van der Waals surface area contributed by atoms with Gasteiger partial charge < -0.3 is 26.0 Å². The number of nitrogens with one attached hydrogen (secondary N) is 4. The van der Waals surface area contributed by atoms with Crippen molar-refractivity contribution in [2.45, 2.75) is 19.7 Å². The molecule has 2 aliphatic heterocycles. The van der Waals surface area contributed by atoms with Gasteiger partial charge in [0.1, 0.15) is 12.4 Å². The first-order valence-electron chi connectivity index (χ1n) is 10.7. The van der Waals surface area contributed by atoms with Crippen LogP contribution in [0, 0.1) is 11.8 Å². The fourth-order valence-electron chi connectivity index (χ4n) is 3.64. The molecule has 2 aliphatic rings. The van der Waals surface area contributed by atoms with Gasteiger partial charge in [0.2, 0.25) is 0 Å². The molecule has 30 heavy (non-hydrogen) atoms. The van der Waals surface area contributed by atoms with Crippen LogP contribution in [0.4, 0.5) is 0 Å². The van der Waals surface area contributed by atoms with Crippen LogP contribution in [0.25, 0.3) is 0 Å². The minimum Gasteiger partial charge on any atom is -0.489 e. The average Bonchev–Trinajstić information content (AvgIpc) is 2.65. The predicted molar refractivity (Wildman–Crippen MR) is 126 cm³/mol. The zero-order valence-corrected chi connectivity index (χ0v) is 19.5. The molecule has 2 aromatic carbocycles. The van der Waals surface area contributed by atoms with Crippen molar-refractivity contribution < 1.29 is 4.74 Å². The maximum atomic E-state index is 6.16. The lowest BCUT2D eigenvalue weighted by Gasteiger charge is -2.27. The van der Waals surface area contributed by atoms with E-state index in [1.54, 1.807) is 0 Å². The molecule has 0 unspecified atom stereocenters. The standard InChI is InChI=1S/C23H30BrClN4O/c24-23-6-21(25)2-1-20(23)15-30-22-4-16(7-26-9-18-11-28-12-18)3-17(5-22)8-27-10-19-13-29-14-19/h1-6,18-19,26-29H,7-15H2. The minimum atomic E-state index is 0.503. The molecule has 162 valence electrons. The number of benzene rings is 2. The highest BCUT2D eigenvalue weighted by Gasteiger charge is 2.16.